The van der Waals surface area contributed by atoms with Crippen LogP contribution in [0.25, 0.3) is 0 Å². The van der Waals surface area contributed by atoms with Crippen molar-refractivity contribution >= 4 is 28.9 Å². The number of methoxy groups -OCH3 is 1. The molecule has 1 aromatic carbocycles. The number of hydrogen-bond acceptors (Lipinski definition) is 6. The Labute approximate surface area is 176 Å². The van der Waals surface area contributed by atoms with Crippen molar-refractivity contribution in [2.75, 3.05) is 20.2 Å². The molecular weight excluding hydrogens is 426 g/mol. The van der Waals surface area contributed by atoms with Crippen LogP contribution in [0.2, 0.25) is 0 Å². The lowest BCUT2D eigenvalue weighted by molar-refractivity contribution is -0.187. The predicted octanol–water partition coefficient (Wildman–Crippen LogP) is 2.73. The van der Waals surface area contributed by atoms with Gasteiger partial charge in [-0.05, 0) is 50.3 Å². The van der Waals surface area contributed by atoms with Gasteiger partial charge in [0.25, 0.3) is 0 Å². The number of carbonyl (C=O) groups is 2. The molecule has 1 aromatic rings. The Hall–Kier alpha value is -1.44. The van der Waals surface area contributed by atoms with Gasteiger partial charge in [0.1, 0.15) is 0 Å². The fourth-order valence-electron chi connectivity index (χ4n) is 4.32. The maximum atomic E-state index is 13.2. The minimum Gasteiger partial charge on any atom is -0.466 e. The summed E-state index contributed by atoms with van der Waals surface area (Å²) in [6.07, 6.45) is 3.80. The molecule has 28 heavy (non-hydrogen) atoms. The van der Waals surface area contributed by atoms with E-state index in [1.807, 2.05) is 6.07 Å². The first-order valence-corrected chi connectivity index (χ1v) is 9.83. The van der Waals surface area contributed by atoms with E-state index in [4.69, 9.17) is 9.47 Å². The molecule has 0 amide bonds. The molecule has 1 heterocycles. The number of carbonyl (C=O) groups excluding carboxylic acids is 2. The molecule has 3 rings (SSSR count). The standard InChI is InChI=1S/C21H29NO5.BrH/c1-26-19(23)18(13-15-11-12-22-14-15)27-20(24)21(25,17-9-5-6-10-17)16-7-3-2-4-8-16;/h2-4,7-8,15,17-18,22,25H,5-6,9-14H2,1H3;1H. The van der Waals surface area contributed by atoms with E-state index >= 15 is 0 Å². The van der Waals surface area contributed by atoms with Gasteiger partial charge in [-0.3, -0.25) is 0 Å². The Kier molecular flexibility index (Phi) is 8.46. The predicted molar refractivity (Wildman–Crippen MR) is 110 cm³/mol. The summed E-state index contributed by atoms with van der Waals surface area (Å²) in [4.78, 5) is 25.4. The first kappa shape index (κ1) is 22.8. The van der Waals surface area contributed by atoms with Crippen molar-refractivity contribution in [1.82, 2.24) is 5.32 Å². The van der Waals surface area contributed by atoms with E-state index in [9.17, 15) is 14.7 Å². The fourth-order valence-corrected chi connectivity index (χ4v) is 4.32. The Balaban J connectivity index is 0.00000280. The van der Waals surface area contributed by atoms with Crippen LogP contribution in [0.3, 0.4) is 0 Å². The van der Waals surface area contributed by atoms with Crippen LogP contribution in [0.5, 0.6) is 0 Å². The van der Waals surface area contributed by atoms with Crippen LogP contribution in [-0.4, -0.2) is 43.3 Å². The van der Waals surface area contributed by atoms with Crippen LogP contribution in [0, 0.1) is 11.8 Å². The molecule has 2 fully saturated rings. The van der Waals surface area contributed by atoms with Crippen LogP contribution < -0.4 is 5.32 Å². The molecule has 0 spiro atoms. The lowest BCUT2D eigenvalue weighted by Crippen LogP contribution is -2.46. The highest BCUT2D eigenvalue weighted by molar-refractivity contribution is 8.93. The van der Waals surface area contributed by atoms with Crippen molar-refractivity contribution in [3.8, 4) is 0 Å². The van der Waals surface area contributed by atoms with E-state index in [1.165, 1.54) is 7.11 Å². The summed E-state index contributed by atoms with van der Waals surface area (Å²) in [6, 6.07) is 8.92. The number of esters is 2. The fraction of sp³-hybridized carbons (Fsp3) is 0.619. The van der Waals surface area contributed by atoms with Crippen molar-refractivity contribution in [3.05, 3.63) is 35.9 Å². The first-order chi connectivity index (χ1) is 13.1. The highest BCUT2D eigenvalue weighted by atomic mass is 79.9. The molecule has 2 N–H and O–H groups in total. The van der Waals surface area contributed by atoms with E-state index in [0.717, 1.165) is 45.2 Å². The van der Waals surface area contributed by atoms with Crippen molar-refractivity contribution < 1.29 is 24.2 Å². The summed E-state index contributed by atoms with van der Waals surface area (Å²) >= 11 is 0. The highest BCUT2D eigenvalue weighted by Gasteiger charge is 2.49. The largest absolute Gasteiger partial charge is 0.466 e. The van der Waals surface area contributed by atoms with Crippen LogP contribution >= 0.6 is 17.0 Å². The molecular formula is C21H30BrNO5. The molecule has 3 unspecified atom stereocenters. The van der Waals surface area contributed by atoms with E-state index in [0.29, 0.717) is 12.0 Å². The van der Waals surface area contributed by atoms with E-state index < -0.39 is 23.6 Å². The van der Waals surface area contributed by atoms with Gasteiger partial charge in [-0.25, -0.2) is 9.59 Å². The third-order valence-corrected chi connectivity index (χ3v) is 5.89. The van der Waals surface area contributed by atoms with Gasteiger partial charge in [-0.15, -0.1) is 17.0 Å². The number of nitrogens with one attached hydrogen (secondary N) is 1. The van der Waals surface area contributed by atoms with Crippen molar-refractivity contribution in [3.63, 3.8) is 0 Å². The summed E-state index contributed by atoms with van der Waals surface area (Å²) in [7, 11) is 1.29. The lowest BCUT2D eigenvalue weighted by Gasteiger charge is -2.33. The molecule has 0 radical (unpaired) electrons. The Morgan fingerprint density at radius 2 is 1.89 bits per heavy atom. The summed E-state index contributed by atoms with van der Waals surface area (Å²) in [5, 5.41) is 14.7. The average Bonchev–Trinajstić information content (AvgIpc) is 3.41. The summed E-state index contributed by atoms with van der Waals surface area (Å²) in [5.74, 6) is -1.28. The maximum absolute atomic E-state index is 13.2. The van der Waals surface area contributed by atoms with Crippen molar-refractivity contribution in [1.29, 1.82) is 0 Å². The van der Waals surface area contributed by atoms with Gasteiger partial charge in [0.05, 0.1) is 7.11 Å². The zero-order valence-corrected chi connectivity index (χ0v) is 18.0. The number of aliphatic hydroxyl groups is 1. The quantitative estimate of drug-likeness (QED) is 0.614. The molecule has 7 heteroatoms. The van der Waals surface area contributed by atoms with Crippen LogP contribution in [0.4, 0.5) is 0 Å². The summed E-state index contributed by atoms with van der Waals surface area (Å²) < 4.78 is 10.5. The van der Waals surface area contributed by atoms with Crippen molar-refractivity contribution in [2.45, 2.75) is 50.2 Å². The number of ether oxygens (including phenoxy) is 2. The minimum absolute atomic E-state index is 0. The highest BCUT2D eigenvalue weighted by Crippen LogP contribution is 2.41. The van der Waals surface area contributed by atoms with Gasteiger partial charge in [0.15, 0.2) is 11.7 Å². The molecule has 1 aliphatic heterocycles. The normalized spacial score (nSPS) is 22.7. The Morgan fingerprint density at radius 1 is 1.21 bits per heavy atom. The smallest absolute Gasteiger partial charge is 0.347 e. The van der Waals surface area contributed by atoms with Gasteiger partial charge in [0.2, 0.25) is 0 Å². The maximum Gasteiger partial charge on any atom is 0.347 e. The zero-order chi connectivity index (χ0) is 19.3. The monoisotopic (exact) mass is 455 g/mol. The van der Waals surface area contributed by atoms with Gasteiger partial charge in [-0.1, -0.05) is 43.2 Å². The van der Waals surface area contributed by atoms with Gasteiger partial charge < -0.3 is 19.9 Å². The van der Waals surface area contributed by atoms with E-state index in [1.54, 1.807) is 24.3 Å². The molecule has 156 valence electrons. The number of hydrogen-bond donors (Lipinski definition) is 2. The molecule has 1 saturated heterocycles. The minimum atomic E-state index is -1.74. The summed E-state index contributed by atoms with van der Waals surface area (Å²) in [5.41, 5.74) is -1.22. The number of rotatable bonds is 7. The zero-order valence-electron chi connectivity index (χ0n) is 16.3. The second kappa shape index (κ2) is 10.4. The van der Waals surface area contributed by atoms with Gasteiger partial charge in [-0.2, -0.15) is 0 Å². The topological polar surface area (TPSA) is 84.9 Å². The molecule has 2 aliphatic rings. The molecule has 0 bridgehead atoms. The number of halogens is 1. The second-order valence-corrected chi connectivity index (χ2v) is 7.63. The molecule has 0 aromatic heterocycles. The lowest BCUT2D eigenvalue weighted by atomic mass is 9.80. The third-order valence-electron chi connectivity index (χ3n) is 5.89. The second-order valence-electron chi connectivity index (χ2n) is 7.63. The first-order valence-electron chi connectivity index (χ1n) is 9.83. The summed E-state index contributed by atoms with van der Waals surface area (Å²) in [6.45, 7) is 1.68. The molecule has 1 aliphatic carbocycles. The van der Waals surface area contributed by atoms with Gasteiger partial charge in [0, 0.05) is 5.92 Å². The SMILES string of the molecule is Br.COC(=O)C(CC1CCNC1)OC(=O)C(O)(c1ccccc1)C1CCCC1. The Morgan fingerprint density at radius 3 is 2.46 bits per heavy atom. The van der Waals surface area contributed by atoms with Crippen molar-refractivity contribution in [2.24, 2.45) is 11.8 Å². The molecule has 3 atom stereocenters. The van der Waals surface area contributed by atoms with Crippen LogP contribution in [-0.2, 0) is 24.7 Å². The average molecular weight is 456 g/mol. The van der Waals surface area contributed by atoms with Gasteiger partial charge >= 0.3 is 11.9 Å². The Bertz CT molecular complexity index is 643. The van der Waals surface area contributed by atoms with E-state index in [2.05, 4.69) is 5.32 Å². The molecule has 1 saturated carbocycles. The molecule has 6 nitrogen and oxygen atoms in total. The van der Waals surface area contributed by atoms with Crippen LogP contribution in [0.1, 0.15) is 44.1 Å². The third kappa shape index (κ3) is 4.93. The van der Waals surface area contributed by atoms with Crippen LogP contribution in [0.15, 0.2) is 30.3 Å². The van der Waals surface area contributed by atoms with E-state index in [-0.39, 0.29) is 28.8 Å². The number of benzene rings is 1.